The van der Waals surface area contributed by atoms with Gasteiger partial charge in [-0.25, -0.2) is 0 Å². The minimum absolute atomic E-state index is 0.640. The van der Waals surface area contributed by atoms with Crippen LogP contribution in [0.2, 0.25) is 0 Å². The molecule has 2 aromatic heterocycles. The summed E-state index contributed by atoms with van der Waals surface area (Å²) in [6, 6.07) is 18.1. The summed E-state index contributed by atoms with van der Waals surface area (Å²) in [5.41, 5.74) is 4.08. The van der Waals surface area contributed by atoms with Crippen molar-refractivity contribution in [3.8, 4) is 22.9 Å². The normalized spacial score (nSPS) is 11.0. The zero-order valence-corrected chi connectivity index (χ0v) is 16.7. The van der Waals surface area contributed by atoms with Crippen LogP contribution in [0, 0.1) is 6.92 Å². The summed E-state index contributed by atoms with van der Waals surface area (Å²) in [4.78, 5) is 0. The number of aromatic nitrogens is 4. The van der Waals surface area contributed by atoms with Crippen molar-refractivity contribution < 1.29 is 9.47 Å². The molecule has 0 amide bonds. The number of methoxy groups -OCH3 is 2. The number of ether oxygens (including phenoxy) is 2. The van der Waals surface area contributed by atoms with Gasteiger partial charge in [0.1, 0.15) is 5.03 Å². The first-order valence-electron chi connectivity index (χ1n) is 8.81. The predicted molar refractivity (Wildman–Crippen MR) is 110 cm³/mol. The number of thioether (sulfide) groups is 1. The summed E-state index contributed by atoms with van der Waals surface area (Å²) in [7, 11) is 3.23. The van der Waals surface area contributed by atoms with Crippen molar-refractivity contribution in [3.63, 3.8) is 0 Å². The number of rotatable bonds is 6. The molecule has 28 heavy (non-hydrogen) atoms. The van der Waals surface area contributed by atoms with E-state index in [2.05, 4.69) is 41.4 Å². The number of benzene rings is 2. The molecule has 4 rings (SSSR count). The van der Waals surface area contributed by atoms with Gasteiger partial charge in [0.15, 0.2) is 23.0 Å². The third-order valence-electron chi connectivity index (χ3n) is 4.39. The fraction of sp³-hybridized carbons (Fsp3) is 0.190. The van der Waals surface area contributed by atoms with Crippen LogP contribution in [0.3, 0.4) is 0 Å². The van der Waals surface area contributed by atoms with Crippen LogP contribution >= 0.6 is 11.8 Å². The summed E-state index contributed by atoms with van der Waals surface area (Å²) >= 11 is 1.68. The zero-order chi connectivity index (χ0) is 19.5. The molecule has 0 N–H and O–H groups in total. The Morgan fingerprint density at radius 2 is 1.68 bits per heavy atom. The van der Waals surface area contributed by atoms with Crippen molar-refractivity contribution >= 4 is 17.4 Å². The summed E-state index contributed by atoms with van der Waals surface area (Å²) in [6.45, 7) is 2.09. The van der Waals surface area contributed by atoms with E-state index in [9.17, 15) is 0 Å². The smallest absolute Gasteiger partial charge is 0.185 e. The van der Waals surface area contributed by atoms with Gasteiger partial charge in [0.05, 0.1) is 14.2 Å². The molecule has 0 atom stereocenters. The lowest BCUT2D eigenvalue weighted by Crippen LogP contribution is -1.97. The molecule has 0 fully saturated rings. The largest absolute Gasteiger partial charge is 0.493 e. The lowest BCUT2D eigenvalue weighted by Gasteiger charge is -2.09. The molecule has 0 aliphatic rings. The van der Waals surface area contributed by atoms with Gasteiger partial charge in [0.25, 0.3) is 0 Å². The van der Waals surface area contributed by atoms with Gasteiger partial charge in [-0.1, -0.05) is 41.6 Å². The molecular formula is C21H20N4O2S. The summed E-state index contributed by atoms with van der Waals surface area (Å²) in [5, 5.41) is 14.2. The second kappa shape index (κ2) is 7.90. The van der Waals surface area contributed by atoms with Gasteiger partial charge < -0.3 is 9.47 Å². The van der Waals surface area contributed by atoms with Crippen LogP contribution in [-0.4, -0.2) is 34.0 Å². The molecule has 0 aliphatic carbocycles. The van der Waals surface area contributed by atoms with Crippen LogP contribution in [0.5, 0.6) is 11.5 Å². The minimum atomic E-state index is 0.640. The molecule has 0 bridgehead atoms. The second-order valence-electron chi connectivity index (χ2n) is 6.31. The number of hydrogen-bond donors (Lipinski definition) is 0. The topological polar surface area (TPSA) is 61.5 Å². The highest BCUT2D eigenvalue weighted by Crippen LogP contribution is 2.32. The Hall–Kier alpha value is -3.06. The van der Waals surface area contributed by atoms with E-state index in [1.165, 1.54) is 11.1 Å². The summed E-state index contributed by atoms with van der Waals surface area (Å²) < 4.78 is 12.5. The molecule has 6 nitrogen and oxygen atoms in total. The Morgan fingerprint density at radius 1 is 0.893 bits per heavy atom. The summed E-state index contributed by atoms with van der Waals surface area (Å²) in [6.07, 6.45) is 0. The van der Waals surface area contributed by atoms with E-state index in [0.717, 1.165) is 16.3 Å². The predicted octanol–water partition coefficient (Wildman–Crippen LogP) is 4.41. The second-order valence-corrected chi connectivity index (χ2v) is 7.30. The third-order valence-corrected chi connectivity index (χ3v) is 5.38. The fourth-order valence-electron chi connectivity index (χ4n) is 2.85. The van der Waals surface area contributed by atoms with Gasteiger partial charge in [-0.05, 0) is 42.8 Å². The van der Waals surface area contributed by atoms with E-state index >= 15 is 0 Å². The molecule has 0 saturated carbocycles. The average molecular weight is 392 g/mol. The molecule has 0 saturated heterocycles. The molecule has 2 aromatic carbocycles. The van der Waals surface area contributed by atoms with E-state index in [4.69, 9.17) is 14.6 Å². The highest BCUT2D eigenvalue weighted by Gasteiger charge is 2.13. The molecule has 0 aliphatic heterocycles. The molecule has 142 valence electrons. The highest BCUT2D eigenvalue weighted by molar-refractivity contribution is 7.98. The number of aryl methyl sites for hydroxylation is 1. The van der Waals surface area contributed by atoms with Gasteiger partial charge >= 0.3 is 0 Å². The molecule has 0 unspecified atom stereocenters. The Balaban J connectivity index is 1.63. The number of nitrogens with zero attached hydrogens (tertiary/aromatic N) is 4. The standard InChI is InChI=1S/C21H20N4O2S/c1-14-4-6-15(7-5-14)13-28-20-11-10-19-22-23-21(25(19)24-20)16-8-9-17(26-2)18(12-16)27-3/h4-12H,13H2,1-3H3. The van der Waals surface area contributed by atoms with E-state index in [-0.39, 0.29) is 0 Å². The van der Waals surface area contributed by atoms with Crippen LogP contribution in [0.1, 0.15) is 11.1 Å². The molecule has 0 radical (unpaired) electrons. The van der Waals surface area contributed by atoms with Gasteiger partial charge in [0.2, 0.25) is 0 Å². The Bertz CT molecular complexity index is 1110. The van der Waals surface area contributed by atoms with Crippen LogP contribution in [0.4, 0.5) is 0 Å². The average Bonchev–Trinajstić information content (AvgIpc) is 3.16. The van der Waals surface area contributed by atoms with Crippen molar-refractivity contribution in [1.29, 1.82) is 0 Å². The highest BCUT2D eigenvalue weighted by atomic mass is 32.2. The molecule has 2 heterocycles. The monoisotopic (exact) mass is 392 g/mol. The maximum Gasteiger partial charge on any atom is 0.185 e. The van der Waals surface area contributed by atoms with Gasteiger partial charge in [-0.15, -0.1) is 10.2 Å². The Labute approximate surface area is 167 Å². The number of fused-ring (bicyclic) bond motifs is 1. The lowest BCUT2D eigenvalue weighted by molar-refractivity contribution is 0.355. The maximum atomic E-state index is 5.40. The SMILES string of the molecule is COc1ccc(-c2nnc3ccc(SCc4ccc(C)cc4)nn23)cc1OC. The maximum absolute atomic E-state index is 5.40. The Kier molecular flexibility index (Phi) is 5.16. The minimum Gasteiger partial charge on any atom is -0.493 e. The van der Waals surface area contributed by atoms with Crippen molar-refractivity contribution in [1.82, 2.24) is 19.8 Å². The van der Waals surface area contributed by atoms with E-state index < -0.39 is 0 Å². The van der Waals surface area contributed by atoms with Crippen LogP contribution in [0.15, 0.2) is 59.6 Å². The summed E-state index contributed by atoms with van der Waals surface area (Å²) in [5.74, 6) is 2.82. The van der Waals surface area contributed by atoms with E-state index in [0.29, 0.717) is 23.0 Å². The van der Waals surface area contributed by atoms with Gasteiger partial charge in [0, 0.05) is 11.3 Å². The quantitative estimate of drug-likeness (QED) is 0.453. The first kappa shape index (κ1) is 18.3. The van der Waals surface area contributed by atoms with Gasteiger partial charge in [-0.2, -0.15) is 9.61 Å². The molecule has 4 aromatic rings. The van der Waals surface area contributed by atoms with E-state index in [1.54, 1.807) is 30.5 Å². The lowest BCUT2D eigenvalue weighted by atomic mass is 10.2. The van der Waals surface area contributed by atoms with Gasteiger partial charge in [-0.3, -0.25) is 0 Å². The van der Waals surface area contributed by atoms with Crippen molar-refractivity contribution in [3.05, 3.63) is 65.7 Å². The zero-order valence-electron chi connectivity index (χ0n) is 15.9. The molecular weight excluding hydrogens is 372 g/mol. The van der Waals surface area contributed by atoms with Crippen LogP contribution in [0.25, 0.3) is 17.0 Å². The number of hydrogen-bond acceptors (Lipinski definition) is 6. The Morgan fingerprint density at radius 3 is 2.43 bits per heavy atom. The van der Waals surface area contributed by atoms with Crippen molar-refractivity contribution in [2.75, 3.05) is 14.2 Å². The fourth-order valence-corrected chi connectivity index (χ4v) is 3.66. The van der Waals surface area contributed by atoms with Crippen molar-refractivity contribution in [2.45, 2.75) is 17.7 Å². The van der Waals surface area contributed by atoms with Crippen LogP contribution in [-0.2, 0) is 5.75 Å². The third kappa shape index (κ3) is 3.66. The molecule has 0 spiro atoms. The van der Waals surface area contributed by atoms with Crippen LogP contribution < -0.4 is 9.47 Å². The molecule has 7 heteroatoms. The first-order valence-corrected chi connectivity index (χ1v) is 9.79. The first-order chi connectivity index (χ1) is 13.7. The van der Waals surface area contributed by atoms with Crippen molar-refractivity contribution in [2.24, 2.45) is 0 Å². The van der Waals surface area contributed by atoms with E-state index in [1.807, 2.05) is 30.3 Å².